The van der Waals surface area contributed by atoms with Crippen molar-refractivity contribution in [1.82, 2.24) is 4.90 Å². The molecule has 2 aromatic carbocycles. The van der Waals surface area contributed by atoms with E-state index in [0.717, 1.165) is 30.0 Å². The third kappa shape index (κ3) is 2.99. The van der Waals surface area contributed by atoms with Crippen molar-refractivity contribution in [1.29, 1.82) is 0 Å². The maximum Gasteiger partial charge on any atom is 0.130 e. The Kier molecular flexibility index (Phi) is 4.69. The summed E-state index contributed by atoms with van der Waals surface area (Å²) < 4.78 is 5.37. The molecule has 0 aromatic heterocycles. The van der Waals surface area contributed by atoms with Crippen molar-refractivity contribution in [3.63, 3.8) is 0 Å². The highest BCUT2D eigenvalue weighted by Crippen LogP contribution is 2.37. The number of benzene rings is 2. The van der Waals surface area contributed by atoms with Crippen molar-refractivity contribution in [2.45, 2.75) is 31.4 Å². The molecule has 0 saturated carbocycles. The van der Waals surface area contributed by atoms with Gasteiger partial charge in [-0.15, -0.1) is 0 Å². The summed E-state index contributed by atoms with van der Waals surface area (Å²) in [6.07, 6.45) is 2.40. The molecule has 3 nitrogen and oxygen atoms in total. The number of ether oxygens (including phenoxy) is 1. The number of likely N-dealkylation sites (tertiary alicyclic amines) is 1. The summed E-state index contributed by atoms with van der Waals surface area (Å²) in [7, 11) is 1.66. The predicted molar refractivity (Wildman–Crippen MR) is 92.7 cm³/mol. The van der Waals surface area contributed by atoms with Crippen LogP contribution in [0.5, 0.6) is 5.75 Å². The third-order valence-corrected chi connectivity index (χ3v) is 5.02. The molecule has 0 radical (unpaired) electrons. The first-order valence-corrected chi connectivity index (χ1v) is 8.32. The van der Waals surface area contributed by atoms with Gasteiger partial charge in [0.1, 0.15) is 11.4 Å². The van der Waals surface area contributed by atoms with Gasteiger partial charge >= 0.3 is 0 Å². The fourth-order valence-electron chi connectivity index (χ4n) is 3.59. The number of methoxy groups -OCH3 is 1. The van der Waals surface area contributed by atoms with E-state index >= 15 is 0 Å². The van der Waals surface area contributed by atoms with Crippen LogP contribution in [-0.4, -0.2) is 36.2 Å². The molecule has 1 aliphatic rings. The van der Waals surface area contributed by atoms with Crippen LogP contribution in [0.4, 0.5) is 0 Å². The largest absolute Gasteiger partial charge is 0.497 e. The summed E-state index contributed by atoms with van der Waals surface area (Å²) in [5.74, 6) is 0.769. The van der Waals surface area contributed by atoms with E-state index in [1.165, 1.54) is 12.8 Å². The maximum atomic E-state index is 11.8. The summed E-state index contributed by atoms with van der Waals surface area (Å²) in [4.78, 5) is 2.38. The number of nitrogens with zero attached hydrogens (tertiary/aromatic N) is 1. The summed E-state index contributed by atoms with van der Waals surface area (Å²) in [5.41, 5.74) is 0.746. The van der Waals surface area contributed by atoms with E-state index in [2.05, 4.69) is 11.8 Å². The van der Waals surface area contributed by atoms with Gasteiger partial charge in [-0.05, 0) is 56.1 Å². The van der Waals surface area contributed by atoms with E-state index in [-0.39, 0.29) is 6.04 Å². The number of hydrogen-bond acceptors (Lipinski definition) is 3. The fourth-order valence-corrected chi connectivity index (χ4v) is 3.59. The second-order valence-corrected chi connectivity index (χ2v) is 6.28. The van der Waals surface area contributed by atoms with E-state index in [9.17, 15) is 5.11 Å². The average molecular weight is 311 g/mol. The zero-order valence-electron chi connectivity index (χ0n) is 13.9. The van der Waals surface area contributed by atoms with Gasteiger partial charge in [0.25, 0.3) is 0 Å². The lowest BCUT2D eigenvalue weighted by Gasteiger charge is -2.40. The smallest absolute Gasteiger partial charge is 0.130 e. The molecule has 1 fully saturated rings. The summed E-state index contributed by atoms with van der Waals surface area (Å²) in [5, 5.41) is 11.8. The monoisotopic (exact) mass is 311 g/mol. The lowest BCUT2D eigenvalue weighted by molar-refractivity contribution is -0.00468. The van der Waals surface area contributed by atoms with Crippen molar-refractivity contribution in [3.05, 3.63) is 65.7 Å². The van der Waals surface area contributed by atoms with Gasteiger partial charge in [-0.1, -0.05) is 42.5 Å². The molecule has 2 aromatic rings. The van der Waals surface area contributed by atoms with E-state index in [1.54, 1.807) is 7.11 Å². The number of hydrogen-bond donors (Lipinski definition) is 1. The Morgan fingerprint density at radius 2 is 1.65 bits per heavy atom. The molecule has 0 amide bonds. The highest BCUT2D eigenvalue weighted by atomic mass is 16.5. The van der Waals surface area contributed by atoms with Gasteiger partial charge in [0.2, 0.25) is 0 Å². The highest BCUT2D eigenvalue weighted by molar-refractivity contribution is 5.41. The van der Waals surface area contributed by atoms with Gasteiger partial charge in [0.15, 0.2) is 0 Å². The lowest BCUT2D eigenvalue weighted by atomic mass is 9.80. The van der Waals surface area contributed by atoms with Crippen LogP contribution in [0.15, 0.2) is 54.6 Å². The molecule has 23 heavy (non-hydrogen) atoms. The number of aliphatic hydroxyl groups is 1. The van der Waals surface area contributed by atoms with E-state index in [1.807, 2.05) is 54.6 Å². The van der Waals surface area contributed by atoms with Crippen LogP contribution in [0.25, 0.3) is 0 Å². The topological polar surface area (TPSA) is 32.7 Å². The molecular weight excluding hydrogens is 286 g/mol. The molecule has 3 heteroatoms. The average Bonchev–Trinajstić information content (AvgIpc) is 3.15. The Morgan fingerprint density at radius 3 is 2.30 bits per heavy atom. The molecule has 2 atom stereocenters. The van der Waals surface area contributed by atoms with Gasteiger partial charge < -0.3 is 9.84 Å². The minimum absolute atomic E-state index is 0.000457. The molecular formula is C20H25NO2. The van der Waals surface area contributed by atoms with Crippen molar-refractivity contribution >= 4 is 0 Å². The second-order valence-electron chi connectivity index (χ2n) is 6.28. The van der Waals surface area contributed by atoms with Gasteiger partial charge in [-0.2, -0.15) is 0 Å². The molecule has 0 aliphatic carbocycles. The first-order chi connectivity index (χ1) is 11.2. The summed E-state index contributed by atoms with van der Waals surface area (Å²) in [6, 6.07) is 17.7. The molecule has 0 unspecified atom stereocenters. The summed E-state index contributed by atoms with van der Waals surface area (Å²) >= 11 is 0. The van der Waals surface area contributed by atoms with Crippen LogP contribution < -0.4 is 4.74 Å². The fraction of sp³-hybridized carbons (Fsp3) is 0.400. The van der Waals surface area contributed by atoms with Crippen LogP contribution >= 0.6 is 0 Å². The summed E-state index contributed by atoms with van der Waals surface area (Å²) in [6.45, 7) is 4.21. The minimum atomic E-state index is -1.06. The zero-order valence-corrected chi connectivity index (χ0v) is 13.9. The normalized spacial score (nSPS) is 19.3. The standard InChI is InChI=1S/C20H25NO2/c1-16(21-13-6-7-14-21)20(22,17-9-4-3-5-10-17)18-11-8-12-19(15-18)23-2/h3-5,8-12,15-16,22H,6-7,13-14H2,1-2H3/t16-,20+/m1/s1. The predicted octanol–water partition coefficient (Wildman–Crippen LogP) is 3.42. The van der Waals surface area contributed by atoms with Gasteiger partial charge in [-0.3, -0.25) is 4.90 Å². The first-order valence-electron chi connectivity index (χ1n) is 8.32. The van der Waals surface area contributed by atoms with Gasteiger partial charge in [0, 0.05) is 6.04 Å². The Hall–Kier alpha value is -1.84. The Balaban J connectivity index is 2.09. The van der Waals surface area contributed by atoms with Crippen LogP contribution in [0.2, 0.25) is 0 Å². The Labute approximate surface area is 138 Å². The SMILES string of the molecule is COc1cccc([C@@](O)(c2ccccc2)[C@@H](C)N2CCCC2)c1. The van der Waals surface area contributed by atoms with Gasteiger partial charge in [-0.25, -0.2) is 0 Å². The van der Waals surface area contributed by atoms with Gasteiger partial charge in [0.05, 0.1) is 7.11 Å². The van der Waals surface area contributed by atoms with Crippen molar-refractivity contribution < 1.29 is 9.84 Å². The quantitative estimate of drug-likeness (QED) is 0.918. The van der Waals surface area contributed by atoms with Crippen LogP contribution in [-0.2, 0) is 5.60 Å². The third-order valence-electron chi connectivity index (χ3n) is 5.02. The molecule has 0 spiro atoms. The van der Waals surface area contributed by atoms with Crippen molar-refractivity contribution in [2.75, 3.05) is 20.2 Å². The molecule has 1 aliphatic heterocycles. The van der Waals surface area contributed by atoms with Crippen molar-refractivity contribution in [3.8, 4) is 5.75 Å². The Morgan fingerprint density at radius 1 is 1.00 bits per heavy atom. The first kappa shape index (κ1) is 16.0. The molecule has 1 saturated heterocycles. The minimum Gasteiger partial charge on any atom is -0.497 e. The Bertz CT molecular complexity index is 637. The molecule has 3 rings (SSSR count). The van der Waals surface area contributed by atoms with Crippen LogP contribution in [0.3, 0.4) is 0 Å². The van der Waals surface area contributed by atoms with Crippen LogP contribution in [0, 0.1) is 0 Å². The molecule has 1 heterocycles. The number of rotatable bonds is 5. The van der Waals surface area contributed by atoms with E-state index in [4.69, 9.17) is 4.74 Å². The zero-order chi connectivity index (χ0) is 16.3. The van der Waals surface area contributed by atoms with E-state index in [0.29, 0.717) is 0 Å². The molecule has 0 bridgehead atoms. The van der Waals surface area contributed by atoms with E-state index < -0.39 is 5.60 Å². The molecule has 1 N–H and O–H groups in total. The highest BCUT2D eigenvalue weighted by Gasteiger charge is 2.41. The molecule has 122 valence electrons. The lowest BCUT2D eigenvalue weighted by Crippen LogP contribution is -2.48. The van der Waals surface area contributed by atoms with Crippen molar-refractivity contribution in [2.24, 2.45) is 0 Å². The van der Waals surface area contributed by atoms with Crippen LogP contribution in [0.1, 0.15) is 30.9 Å². The second kappa shape index (κ2) is 6.73. The maximum absolute atomic E-state index is 11.8.